The zero-order valence-corrected chi connectivity index (χ0v) is 14.4. The summed E-state index contributed by atoms with van der Waals surface area (Å²) in [5.74, 6) is 3.44. The Morgan fingerprint density at radius 2 is 1.88 bits per heavy atom. The molecule has 1 fully saturated rings. The summed E-state index contributed by atoms with van der Waals surface area (Å²) in [6, 6.07) is 12.0. The molecule has 7 nitrogen and oxygen atoms in total. The number of para-hydroxylation sites is 1. The molecule has 7 heteroatoms. The first-order chi connectivity index (χ1) is 12.8. The highest BCUT2D eigenvalue weighted by Crippen LogP contribution is 2.38. The summed E-state index contributed by atoms with van der Waals surface area (Å²) in [6.07, 6.45) is 6.87. The molecule has 4 aromatic rings. The van der Waals surface area contributed by atoms with Gasteiger partial charge in [0.2, 0.25) is 0 Å². The molecule has 0 saturated heterocycles. The average molecular weight is 346 g/mol. The summed E-state index contributed by atoms with van der Waals surface area (Å²) in [6.45, 7) is 0. The van der Waals surface area contributed by atoms with Gasteiger partial charge in [-0.3, -0.25) is 4.68 Å². The van der Waals surface area contributed by atoms with Gasteiger partial charge in [0.25, 0.3) is 5.89 Å². The topological polar surface area (TPSA) is 74.6 Å². The molecule has 26 heavy (non-hydrogen) atoms. The lowest BCUT2D eigenvalue weighted by atomic mass is 10.1. The van der Waals surface area contributed by atoms with Gasteiger partial charge in [0.05, 0.1) is 17.7 Å². The molecular formula is C19H18N6O. The average Bonchev–Trinajstić information content (AvgIpc) is 3.05. The second-order valence-corrected chi connectivity index (χ2v) is 6.58. The quantitative estimate of drug-likeness (QED) is 0.555. The largest absolute Gasteiger partial charge is 0.334 e. The summed E-state index contributed by atoms with van der Waals surface area (Å²) in [5, 5.41) is 8.64. The maximum atomic E-state index is 5.54. The molecule has 0 spiro atoms. The molecule has 1 aliphatic rings. The fraction of sp³-hybridized carbons (Fsp3) is 0.263. The molecular weight excluding hydrogens is 328 g/mol. The first-order valence-corrected chi connectivity index (χ1v) is 8.73. The minimum atomic E-state index is 0.505. The van der Waals surface area contributed by atoms with E-state index in [9.17, 15) is 0 Å². The van der Waals surface area contributed by atoms with Gasteiger partial charge in [0.15, 0.2) is 11.6 Å². The van der Waals surface area contributed by atoms with Gasteiger partial charge in [-0.05, 0) is 37.1 Å². The fourth-order valence-corrected chi connectivity index (χ4v) is 3.06. The molecule has 0 aliphatic heterocycles. The van der Waals surface area contributed by atoms with Gasteiger partial charge in [-0.1, -0.05) is 17.3 Å². The van der Waals surface area contributed by atoms with Crippen molar-refractivity contribution >= 4 is 0 Å². The van der Waals surface area contributed by atoms with Crippen LogP contribution in [0.5, 0.6) is 0 Å². The SMILES string of the molecule is Cn1nc(C2CC2)nc1Cc1noc(-c2ccccc2-n2cccc2)n1. The van der Waals surface area contributed by atoms with Crippen molar-refractivity contribution in [3.63, 3.8) is 0 Å². The van der Waals surface area contributed by atoms with Gasteiger partial charge in [0, 0.05) is 25.4 Å². The Morgan fingerprint density at radius 3 is 2.69 bits per heavy atom. The number of aryl methyl sites for hydroxylation is 1. The van der Waals surface area contributed by atoms with Crippen LogP contribution in [0, 0.1) is 0 Å². The second-order valence-electron chi connectivity index (χ2n) is 6.58. The van der Waals surface area contributed by atoms with E-state index in [2.05, 4.69) is 20.2 Å². The van der Waals surface area contributed by atoms with E-state index >= 15 is 0 Å². The Kier molecular flexibility index (Phi) is 3.44. The highest BCUT2D eigenvalue weighted by atomic mass is 16.5. The molecule has 1 aliphatic carbocycles. The fourth-order valence-electron chi connectivity index (χ4n) is 3.06. The van der Waals surface area contributed by atoms with Gasteiger partial charge < -0.3 is 9.09 Å². The van der Waals surface area contributed by atoms with E-state index in [0.29, 0.717) is 24.1 Å². The summed E-state index contributed by atoms with van der Waals surface area (Å²) < 4.78 is 9.38. The molecule has 0 amide bonds. The van der Waals surface area contributed by atoms with Crippen LogP contribution in [-0.2, 0) is 13.5 Å². The number of nitrogens with zero attached hydrogens (tertiary/aromatic N) is 6. The molecule has 130 valence electrons. The van der Waals surface area contributed by atoms with Crippen LogP contribution in [0.3, 0.4) is 0 Å². The van der Waals surface area contributed by atoms with Crippen LogP contribution in [0.25, 0.3) is 17.1 Å². The van der Waals surface area contributed by atoms with Crippen molar-refractivity contribution in [2.45, 2.75) is 25.2 Å². The second kappa shape index (κ2) is 5.94. The van der Waals surface area contributed by atoms with E-state index in [4.69, 9.17) is 4.52 Å². The molecule has 3 aromatic heterocycles. The van der Waals surface area contributed by atoms with Crippen LogP contribution in [-0.4, -0.2) is 29.5 Å². The van der Waals surface area contributed by atoms with Gasteiger partial charge in [-0.2, -0.15) is 10.1 Å². The van der Waals surface area contributed by atoms with E-state index in [1.807, 2.05) is 65.1 Å². The van der Waals surface area contributed by atoms with Crippen molar-refractivity contribution in [2.75, 3.05) is 0 Å². The van der Waals surface area contributed by atoms with E-state index in [1.54, 1.807) is 0 Å². The van der Waals surface area contributed by atoms with Crippen LogP contribution in [0.15, 0.2) is 53.3 Å². The molecule has 3 heterocycles. The zero-order chi connectivity index (χ0) is 17.5. The van der Waals surface area contributed by atoms with E-state index in [1.165, 1.54) is 12.8 Å². The number of aromatic nitrogens is 6. The lowest BCUT2D eigenvalue weighted by Gasteiger charge is -2.06. The summed E-state index contributed by atoms with van der Waals surface area (Å²) in [4.78, 5) is 9.22. The third kappa shape index (κ3) is 2.71. The highest BCUT2D eigenvalue weighted by Gasteiger charge is 2.28. The van der Waals surface area contributed by atoms with E-state index in [-0.39, 0.29) is 0 Å². The smallest absolute Gasteiger partial charge is 0.260 e. The third-order valence-corrected chi connectivity index (χ3v) is 4.61. The van der Waals surface area contributed by atoms with Crippen molar-refractivity contribution in [1.29, 1.82) is 0 Å². The Hall–Kier alpha value is -3.22. The van der Waals surface area contributed by atoms with Crippen molar-refractivity contribution in [3.8, 4) is 17.1 Å². The molecule has 0 radical (unpaired) electrons. The number of hydrogen-bond donors (Lipinski definition) is 0. The van der Waals surface area contributed by atoms with Crippen molar-refractivity contribution < 1.29 is 4.52 Å². The van der Waals surface area contributed by atoms with Crippen LogP contribution in [0.2, 0.25) is 0 Å². The summed E-state index contributed by atoms with van der Waals surface area (Å²) in [5.41, 5.74) is 1.90. The molecule has 1 aromatic carbocycles. The minimum Gasteiger partial charge on any atom is -0.334 e. The predicted octanol–water partition coefficient (Wildman–Crippen LogP) is 3.12. The van der Waals surface area contributed by atoms with Crippen molar-refractivity contribution in [2.24, 2.45) is 7.05 Å². The van der Waals surface area contributed by atoms with Crippen LogP contribution in [0.1, 0.15) is 36.2 Å². The molecule has 0 unspecified atom stereocenters. The number of benzene rings is 1. The Morgan fingerprint density at radius 1 is 1.08 bits per heavy atom. The van der Waals surface area contributed by atoms with E-state index in [0.717, 1.165) is 22.9 Å². The lowest BCUT2D eigenvalue weighted by Crippen LogP contribution is -2.01. The maximum Gasteiger partial charge on any atom is 0.260 e. The first kappa shape index (κ1) is 15.1. The van der Waals surface area contributed by atoms with Crippen molar-refractivity contribution in [1.82, 2.24) is 29.5 Å². The lowest BCUT2D eigenvalue weighted by molar-refractivity contribution is 0.423. The highest BCUT2D eigenvalue weighted by molar-refractivity contribution is 5.66. The van der Waals surface area contributed by atoms with Gasteiger partial charge in [-0.15, -0.1) is 0 Å². The number of hydrogen-bond acceptors (Lipinski definition) is 5. The van der Waals surface area contributed by atoms with Crippen molar-refractivity contribution in [3.05, 3.63) is 66.3 Å². The third-order valence-electron chi connectivity index (χ3n) is 4.61. The minimum absolute atomic E-state index is 0.505. The summed E-state index contributed by atoms with van der Waals surface area (Å²) >= 11 is 0. The molecule has 0 bridgehead atoms. The van der Waals surface area contributed by atoms with Crippen LogP contribution >= 0.6 is 0 Å². The molecule has 5 rings (SSSR count). The normalized spacial score (nSPS) is 14.0. The predicted molar refractivity (Wildman–Crippen MR) is 94.8 cm³/mol. The number of rotatable bonds is 5. The van der Waals surface area contributed by atoms with Gasteiger partial charge >= 0.3 is 0 Å². The van der Waals surface area contributed by atoms with Crippen LogP contribution < -0.4 is 0 Å². The molecule has 1 saturated carbocycles. The maximum absolute atomic E-state index is 5.54. The monoisotopic (exact) mass is 346 g/mol. The zero-order valence-electron chi connectivity index (χ0n) is 14.4. The first-order valence-electron chi connectivity index (χ1n) is 8.73. The summed E-state index contributed by atoms with van der Waals surface area (Å²) in [7, 11) is 1.91. The van der Waals surface area contributed by atoms with E-state index < -0.39 is 0 Å². The molecule has 0 N–H and O–H groups in total. The van der Waals surface area contributed by atoms with Crippen LogP contribution in [0.4, 0.5) is 0 Å². The van der Waals surface area contributed by atoms with Gasteiger partial charge in [0.1, 0.15) is 5.82 Å². The standard InChI is InChI=1S/C19H18N6O/c1-24-17(21-18(22-24)13-8-9-13)12-16-20-19(26-23-16)14-6-2-3-7-15(14)25-10-4-5-11-25/h2-7,10-11,13H,8-9,12H2,1H3. The Bertz CT molecular complexity index is 1040. The molecule has 0 atom stereocenters. The van der Waals surface area contributed by atoms with Gasteiger partial charge in [-0.25, -0.2) is 4.98 Å². The Balaban J connectivity index is 1.44. The Labute approximate surface area is 150 Å².